The van der Waals surface area contributed by atoms with E-state index < -0.39 is 8.32 Å². The molecule has 0 saturated heterocycles. The first-order valence-corrected chi connectivity index (χ1v) is 8.31. The van der Waals surface area contributed by atoms with Crippen LogP contribution in [-0.4, -0.2) is 8.32 Å². The highest BCUT2D eigenvalue weighted by atomic mass is 28.4. The minimum atomic E-state index is -1.47. The van der Waals surface area contributed by atoms with Crippen molar-refractivity contribution in [3.8, 4) is 5.75 Å². The lowest BCUT2D eigenvalue weighted by Crippen LogP contribution is -2.29. The molecular formula is C12H18OSi. The van der Waals surface area contributed by atoms with Crippen LogP contribution >= 0.6 is 0 Å². The first-order chi connectivity index (χ1) is 6.51. The Morgan fingerprint density at radius 3 is 2.64 bits per heavy atom. The summed E-state index contributed by atoms with van der Waals surface area (Å²) in [6.45, 7) is 10.3. The summed E-state index contributed by atoms with van der Waals surface area (Å²) in [6, 6.07) is 8.25. The van der Waals surface area contributed by atoms with E-state index in [0.717, 1.165) is 12.2 Å². The van der Waals surface area contributed by atoms with Gasteiger partial charge in [-0.15, -0.1) is 6.58 Å². The Balaban J connectivity index is 2.78. The van der Waals surface area contributed by atoms with E-state index in [1.807, 2.05) is 18.2 Å². The van der Waals surface area contributed by atoms with Gasteiger partial charge in [-0.2, -0.15) is 0 Å². The van der Waals surface area contributed by atoms with Crippen molar-refractivity contribution in [1.29, 1.82) is 0 Å². The SMILES string of the molecule is C=CCc1cccc(O[Si](C)(C)C)c1. The minimum Gasteiger partial charge on any atom is -0.544 e. The fourth-order valence-corrected chi connectivity index (χ4v) is 2.09. The summed E-state index contributed by atoms with van der Waals surface area (Å²) in [7, 11) is -1.47. The van der Waals surface area contributed by atoms with Crippen LogP contribution in [0.15, 0.2) is 36.9 Å². The Morgan fingerprint density at radius 1 is 1.36 bits per heavy atom. The third kappa shape index (κ3) is 3.79. The molecule has 0 fully saturated rings. The maximum atomic E-state index is 5.89. The van der Waals surface area contributed by atoms with Gasteiger partial charge in [0.2, 0.25) is 8.32 Å². The van der Waals surface area contributed by atoms with Gasteiger partial charge in [-0.05, 0) is 43.8 Å². The van der Waals surface area contributed by atoms with E-state index in [4.69, 9.17) is 4.43 Å². The normalized spacial score (nSPS) is 11.1. The zero-order valence-corrected chi connectivity index (χ0v) is 10.2. The molecule has 0 heterocycles. The predicted molar refractivity (Wildman–Crippen MR) is 64.3 cm³/mol. The van der Waals surface area contributed by atoms with Gasteiger partial charge in [0.1, 0.15) is 5.75 Å². The van der Waals surface area contributed by atoms with Gasteiger partial charge in [-0.25, -0.2) is 0 Å². The van der Waals surface area contributed by atoms with Crippen molar-refractivity contribution >= 4 is 8.32 Å². The minimum absolute atomic E-state index is 0.906. The molecule has 76 valence electrons. The van der Waals surface area contributed by atoms with Crippen LogP contribution in [0.3, 0.4) is 0 Å². The fraction of sp³-hybridized carbons (Fsp3) is 0.333. The zero-order valence-electron chi connectivity index (χ0n) is 9.21. The van der Waals surface area contributed by atoms with Crippen molar-refractivity contribution in [3.63, 3.8) is 0 Å². The summed E-state index contributed by atoms with van der Waals surface area (Å²) in [5, 5.41) is 0. The van der Waals surface area contributed by atoms with Gasteiger partial charge in [0.15, 0.2) is 0 Å². The summed E-state index contributed by atoms with van der Waals surface area (Å²) >= 11 is 0. The highest BCUT2D eigenvalue weighted by Gasteiger charge is 2.15. The predicted octanol–water partition coefficient (Wildman–Crippen LogP) is 3.63. The number of hydrogen-bond donors (Lipinski definition) is 0. The largest absolute Gasteiger partial charge is 0.544 e. The number of allylic oxidation sites excluding steroid dienone is 1. The Kier molecular flexibility index (Phi) is 3.53. The van der Waals surface area contributed by atoms with Gasteiger partial charge < -0.3 is 4.43 Å². The van der Waals surface area contributed by atoms with E-state index in [2.05, 4.69) is 38.4 Å². The smallest absolute Gasteiger partial charge is 0.242 e. The van der Waals surface area contributed by atoms with Gasteiger partial charge in [0.25, 0.3) is 0 Å². The number of rotatable bonds is 4. The Labute approximate surface area is 87.5 Å². The van der Waals surface area contributed by atoms with Crippen LogP contribution in [0.25, 0.3) is 0 Å². The molecule has 0 saturated carbocycles. The second kappa shape index (κ2) is 4.47. The summed E-state index contributed by atoms with van der Waals surface area (Å²) in [5.41, 5.74) is 1.26. The maximum absolute atomic E-state index is 5.89. The monoisotopic (exact) mass is 206 g/mol. The quantitative estimate of drug-likeness (QED) is 0.540. The lowest BCUT2D eigenvalue weighted by Gasteiger charge is -2.19. The van der Waals surface area contributed by atoms with Crippen LogP contribution in [0, 0.1) is 0 Å². The molecule has 0 spiro atoms. The van der Waals surface area contributed by atoms with Crippen LogP contribution in [0.2, 0.25) is 19.6 Å². The Bertz CT molecular complexity index is 312. The summed E-state index contributed by atoms with van der Waals surface area (Å²) in [5.74, 6) is 0.989. The maximum Gasteiger partial charge on any atom is 0.242 e. The molecule has 1 nitrogen and oxygen atoms in total. The van der Waals surface area contributed by atoms with Crippen molar-refractivity contribution in [3.05, 3.63) is 42.5 Å². The lowest BCUT2D eigenvalue weighted by atomic mass is 10.1. The van der Waals surface area contributed by atoms with E-state index >= 15 is 0 Å². The van der Waals surface area contributed by atoms with Crippen LogP contribution in [-0.2, 0) is 6.42 Å². The van der Waals surface area contributed by atoms with Crippen molar-refractivity contribution < 1.29 is 4.43 Å². The van der Waals surface area contributed by atoms with Crippen molar-refractivity contribution in [1.82, 2.24) is 0 Å². The molecule has 0 aromatic heterocycles. The topological polar surface area (TPSA) is 9.23 Å². The van der Waals surface area contributed by atoms with Crippen LogP contribution in [0.5, 0.6) is 5.75 Å². The Morgan fingerprint density at radius 2 is 2.07 bits per heavy atom. The molecular weight excluding hydrogens is 188 g/mol. The highest BCUT2D eigenvalue weighted by Crippen LogP contribution is 2.18. The Hall–Kier alpha value is -1.02. The van der Waals surface area contributed by atoms with Gasteiger partial charge in [-0.1, -0.05) is 18.2 Å². The number of benzene rings is 1. The summed E-state index contributed by atoms with van der Waals surface area (Å²) < 4.78 is 5.89. The van der Waals surface area contributed by atoms with E-state index in [9.17, 15) is 0 Å². The third-order valence-electron chi connectivity index (χ3n) is 1.70. The zero-order chi connectivity index (χ0) is 10.6. The van der Waals surface area contributed by atoms with E-state index in [0.29, 0.717) is 0 Å². The van der Waals surface area contributed by atoms with Gasteiger partial charge in [0.05, 0.1) is 0 Å². The first-order valence-electron chi connectivity index (χ1n) is 4.90. The molecule has 0 bridgehead atoms. The molecule has 1 rings (SSSR count). The molecule has 0 unspecified atom stereocenters. The van der Waals surface area contributed by atoms with Crippen LogP contribution in [0.1, 0.15) is 5.56 Å². The average Bonchev–Trinajstić information content (AvgIpc) is 2.02. The molecule has 2 heteroatoms. The van der Waals surface area contributed by atoms with E-state index in [1.165, 1.54) is 5.56 Å². The third-order valence-corrected chi connectivity index (χ3v) is 2.55. The molecule has 0 N–H and O–H groups in total. The standard InChI is InChI=1S/C12H18OSi/c1-5-7-11-8-6-9-12(10-11)13-14(2,3)4/h5-6,8-10H,1,7H2,2-4H3. The molecule has 0 aliphatic carbocycles. The molecule has 14 heavy (non-hydrogen) atoms. The van der Waals surface area contributed by atoms with E-state index in [1.54, 1.807) is 0 Å². The van der Waals surface area contributed by atoms with Crippen molar-refractivity contribution in [2.45, 2.75) is 26.1 Å². The summed E-state index contributed by atoms with van der Waals surface area (Å²) in [4.78, 5) is 0. The van der Waals surface area contributed by atoms with Crippen molar-refractivity contribution in [2.24, 2.45) is 0 Å². The second-order valence-electron chi connectivity index (χ2n) is 4.35. The number of hydrogen-bond acceptors (Lipinski definition) is 1. The molecule has 0 amide bonds. The second-order valence-corrected chi connectivity index (χ2v) is 8.78. The average molecular weight is 206 g/mol. The fourth-order valence-electron chi connectivity index (χ4n) is 1.26. The summed E-state index contributed by atoms with van der Waals surface area (Å²) in [6.07, 6.45) is 2.82. The molecule has 0 aliphatic rings. The molecule has 1 aromatic carbocycles. The van der Waals surface area contributed by atoms with Crippen LogP contribution < -0.4 is 4.43 Å². The van der Waals surface area contributed by atoms with E-state index in [-0.39, 0.29) is 0 Å². The highest BCUT2D eigenvalue weighted by molar-refractivity contribution is 6.70. The van der Waals surface area contributed by atoms with Gasteiger partial charge in [-0.3, -0.25) is 0 Å². The molecule has 1 aromatic rings. The van der Waals surface area contributed by atoms with Crippen LogP contribution in [0.4, 0.5) is 0 Å². The molecule has 0 radical (unpaired) electrons. The van der Waals surface area contributed by atoms with Gasteiger partial charge >= 0.3 is 0 Å². The lowest BCUT2D eigenvalue weighted by molar-refractivity contribution is 0.557. The van der Waals surface area contributed by atoms with Gasteiger partial charge in [0, 0.05) is 0 Å². The molecule has 0 aliphatic heterocycles. The molecule has 0 atom stereocenters. The van der Waals surface area contributed by atoms with Crippen molar-refractivity contribution in [2.75, 3.05) is 0 Å². The first kappa shape index (κ1) is 11.1.